The summed E-state index contributed by atoms with van der Waals surface area (Å²) >= 11 is 0. The van der Waals surface area contributed by atoms with Gasteiger partial charge in [-0.1, -0.05) is 6.42 Å². The van der Waals surface area contributed by atoms with E-state index in [9.17, 15) is 13.2 Å². The first-order valence-electron chi connectivity index (χ1n) is 11.9. The second-order valence-electron chi connectivity index (χ2n) is 8.57. The maximum absolute atomic E-state index is 13.5. The van der Waals surface area contributed by atoms with Crippen LogP contribution in [-0.4, -0.2) is 93.4 Å². The number of hydrogen-bond donors (Lipinski definition) is 1. The molecule has 1 aromatic carbocycles. The Morgan fingerprint density at radius 2 is 1.84 bits per heavy atom. The van der Waals surface area contributed by atoms with Crippen molar-refractivity contribution in [2.45, 2.75) is 50.5 Å². The summed E-state index contributed by atoms with van der Waals surface area (Å²) in [6.45, 7) is 9.81. The van der Waals surface area contributed by atoms with Crippen LogP contribution in [0.2, 0.25) is 0 Å². The van der Waals surface area contributed by atoms with Gasteiger partial charge in [-0.05, 0) is 57.5 Å². The van der Waals surface area contributed by atoms with E-state index in [2.05, 4.69) is 17.1 Å². The first-order chi connectivity index (χ1) is 15.4. The summed E-state index contributed by atoms with van der Waals surface area (Å²) in [6, 6.07) is 7.02. The number of amides is 1. The number of carbonyl (C=O) groups excluding carboxylic acids is 1. The predicted molar refractivity (Wildman–Crippen MR) is 125 cm³/mol. The molecule has 8 nitrogen and oxygen atoms in total. The minimum Gasteiger partial charge on any atom is -0.494 e. The molecule has 2 saturated heterocycles. The summed E-state index contributed by atoms with van der Waals surface area (Å²) in [5.74, 6) is 0.666. The topological polar surface area (TPSA) is 82.2 Å². The Bertz CT molecular complexity index is 825. The maximum Gasteiger partial charge on any atom is 0.243 e. The fourth-order valence-electron chi connectivity index (χ4n) is 4.40. The number of nitrogens with zero attached hydrogens (tertiary/aromatic N) is 3. The number of hydrogen-bond acceptors (Lipinski definition) is 6. The predicted octanol–water partition coefficient (Wildman–Crippen LogP) is 1.77. The number of likely N-dealkylation sites (tertiary alicyclic amines) is 1. The lowest BCUT2D eigenvalue weighted by Crippen LogP contribution is -2.48. The first kappa shape index (κ1) is 25.0. The SMILES string of the molecule is CCOc1ccc(S(=O)(=O)N(CCC(=O)N2CCNCC2)CCN2CCCC[C@@H]2C)cc1. The van der Waals surface area contributed by atoms with E-state index in [1.54, 1.807) is 24.3 Å². The van der Waals surface area contributed by atoms with Gasteiger partial charge in [-0.15, -0.1) is 0 Å². The minimum atomic E-state index is -3.71. The molecule has 180 valence electrons. The molecule has 9 heteroatoms. The number of benzene rings is 1. The van der Waals surface area contributed by atoms with Crippen LogP contribution in [0, 0.1) is 0 Å². The second-order valence-corrected chi connectivity index (χ2v) is 10.5. The van der Waals surface area contributed by atoms with Gasteiger partial charge in [-0.25, -0.2) is 8.42 Å². The van der Waals surface area contributed by atoms with Gasteiger partial charge in [0.1, 0.15) is 5.75 Å². The summed E-state index contributed by atoms with van der Waals surface area (Å²) in [7, 11) is -3.71. The maximum atomic E-state index is 13.5. The van der Waals surface area contributed by atoms with Crippen molar-refractivity contribution in [3.63, 3.8) is 0 Å². The fourth-order valence-corrected chi connectivity index (χ4v) is 5.83. The van der Waals surface area contributed by atoms with Crippen molar-refractivity contribution >= 4 is 15.9 Å². The van der Waals surface area contributed by atoms with Gasteiger partial charge in [0.05, 0.1) is 11.5 Å². The molecule has 1 aromatic rings. The molecule has 2 aliphatic rings. The number of piperidine rings is 1. The van der Waals surface area contributed by atoms with Crippen molar-refractivity contribution in [2.24, 2.45) is 0 Å². The highest BCUT2D eigenvalue weighted by Crippen LogP contribution is 2.21. The third kappa shape index (κ3) is 6.66. The summed E-state index contributed by atoms with van der Waals surface area (Å²) in [5, 5.41) is 3.24. The molecule has 2 heterocycles. The summed E-state index contributed by atoms with van der Waals surface area (Å²) in [5.41, 5.74) is 0. The molecule has 0 saturated carbocycles. The van der Waals surface area contributed by atoms with E-state index in [0.717, 1.165) is 32.5 Å². The highest BCUT2D eigenvalue weighted by atomic mass is 32.2. The molecular formula is C23H38N4O4S. The van der Waals surface area contributed by atoms with Crippen LogP contribution >= 0.6 is 0 Å². The van der Waals surface area contributed by atoms with Crippen molar-refractivity contribution in [3.8, 4) is 5.75 Å². The lowest BCUT2D eigenvalue weighted by atomic mass is 10.0. The molecule has 0 spiro atoms. The number of ether oxygens (including phenoxy) is 1. The lowest BCUT2D eigenvalue weighted by Gasteiger charge is -2.35. The van der Waals surface area contributed by atoms with Gasteiger partial charge in [-0.3, -0.25) is 9.69 Å². The number of piperazine rings is 1. The minimum absolute atomic E-state index is 0.0183. The van der Waals surface area contributed by atoms with Crippen molar-refractivity contribution < 1.29 is 17.9 Å². The Morgan fingerprint density at radius 1 is 1.12 bits per heavy atom. The molecule has 1 N–H and O–H groups in total. The first-order valence-corrected chi connectivity index (χ1v) is 13.3. The number of sulfonamides is 1. The van der Waals surface area contributed by atoms with Gasteiger partial charge in [0.25, 0.3) is 0 Å². The van der Waals surface area contributed by atoms with Crippen molar-refractivity contribution in [2.75, 3.05) is 59.0 Å². The second kappa shape index (κ2) is 12.0. The average molecular weight is 467 g/mol. The lowest BCUT2D eigenvalue weighted by molar-refractivity contribution is -0.131. The van der Waals surface area contributed by atoms with Crippen LogP contribution in [-0.2, 0) is 14.8 Å². The number of rotatable bonds is 10. The van der Waals surface area contributed by atoms with E-state index in [1.807, 2.05) is 11.8 Å². The van der Waals surface area contributed by atoms with E-state index in [-0.39, 0.29) is 23.8 Å². The summed E-state index contributed by atoms with van der Waals surface area (Å²) in [6.07, 6.45) is 3.72. The quantitative estimate of drug-likeness (QED) is 0.566. The van der Waals surface area contributed by atoms with E-state index < -0.39 is 10.0 Å². The Kier molecular flexibility index (Phi) is 9.34. The average Bonchev–Trinajstić information content (AvgIpc) is 2.81. The van der Waals surface area contributed by atoms with Crippen LogP contribution < -0.4 is 10.1 Å². The molecular weight excluding hydrogens is 428 g/mol. The monoisotopic (exact) mass is 466 g/mol. The third-order valence-corrected chi connectivity index (χ3v) is 8.31. The number of nitrogens with one attached hydrogen (secondary N) is 1. The molecule has 0 bridgehead atoms. The van der Waals surface area contributed by atoms with Crippen LogP contribution in [0.25, 0.3) is 0 Å². The normalized spacial score (nSPS) is 20.5. The molecule has 2 fully saturated rings. The van der Waals surface area contributed by atoms with Gasteiger partial charge in [-0.2, -0.15) is 4.31 Å². The van der Waals surface area contributed by atoms with Crippen LogP contribution in [0.3, 0.4) is 0 Å². The van der Waals surface area contributed by atoms with Gasteiger partial charge >= 0.3 is 0 Å². The van der Waals surface area contributed by atoms with Crippen LogP contribution in [0.4, 0.5) is 0 Å². The zero-order valence-electron chi connectivity index (χ0n) is 19.5. The third-order valence-electron chi connectivity index (χ3n) is 6.39. The van der Waals surface area contributed by atoms with Crippen molar-refractivity contribution in [1.82, 2.24) is 19.4 Å². The molecule has 0 aromatic heterocycles. The van der Waals surface area contributed by atoms with Gasteiger partial charge in [0.15, 0.2) is 0 Å². The van der Waals surface area contributed by atoms with E-state index in [1.165, 1.54) is 10.7 Å². The number of carbonyl (C=O) groups is 1. The Balaban J connectivity index is 1.71. The molecule has 1 atom stereocenters. The largest absolute Gasteiger partial charge is 0.494 e. The summed E-state index contributed by atoms with van der Waals surface area (Å²) in [4.78, 5) is 17.1. The fraction of sp³-hybridized carbons (Fsp3) is 0.696. The van der Waals surface area contributed by atoms with E-state index in [0.29, 0.717) is 44.6 Å². The molecule has 0 unspecified atom stereocenters. The molecule has 2 aliphatic heterocycles. The van der Waals surface area contributed by atoms with E-state index in [4.69, 9.17) is 4.74 Å². The van der Waals surface area contributed by atoms with Gasteiger partial charge in [0, 0.05) is 58.3 Å². The summed E-state index contributed by atoms with van der Waals surface area (Å²) < 4.78 is 33.9. The van der Waals surface area contributed by atoms with Crippen LogP contribution in [0.1, 0.15) is 39.5 Å². The smallest absolute Gasteiger partial charge is 0.243 e. The van der Waals surface area contributed by atoms with Crippen LogP contribution in [0.5, 0.6) is 5.75 Å². The molecule has 32 heavy (non-hydrogen) atoms. The van der Waals surface area contributed by atoms with Gasteiger partial charge in [0.2, 0.25) is 15.9 Å². The molecule has 0 aliphatic carbocycles. The highest BCUT2D eigenvalue weighted by molar-refractivity contribution is 7.89. The molecule has 1 amide bonds. The van der Waals surface area contributed by atoms with Crippen molar-refractivity contribution in [1.29, 1.82) is 0 Å². The highest BCUT2D eigenvalue weighted by Gasteiger charge is 2.28. The van der Waals surface area contributed by atoms with Gasteiger partial charge < -0.3 is 15.0 Å². The Morgan fingerprint density at radius 3 is 2.50 bits per heavy atom. The standard InChI is InChI=1S/C23H38N4O4S/c1-3-31-21-7-9-22(10-8-21)32(29,30)27(19-18-25-14-5-4-6-20(25)2)15-11-23(28)26-16-12-24-13-17-26/h7-10,20,24H,3-6,11-19H2,1-2H3/t20-/m0/s1. The Hall–Kier alpha value is -1.68. The zero-order chi connectivity index (χ0) is 23.0. The van der Waals surface area contributed by atoms with Crippen molar-refractivity contribution in [3.05, 3.63) is 24.3 Å². The molecule has 0 radical (unpaired) electrons. The molecule has 3 rings (SSSR count). The van der Waals surface area contributed by atoms with Crippen LogP contribution in [0.15, 0.2) is 29.2 Å². The zero-order valence-corrected chi connectivity index (χ0v) is 20.3. The Labute approximate surface area is 192 Å². The van der Waals surface area contributed by atoms with E-state index >= 15 is 0 Å².